The highest BCUT2D eigenvalue weighted by Crippen LogP contribution is 2.42. The summed E-state index contributed by atoms with van der Waals surface area (Å²) in [4.78, 5) is 10.7. The molecule has 1 aromatic heterocycles. The molecule has 3 nitrogen and oxygen atoms in total. The van der Waals surface area contributed by atoms with E-state index in [9.17, 15) is 0 Å². The van der Waals surface area contributed by atoms with Crippen molar-refractivity contribution in [2.45, 2.75) is 38.8 Å². The Bertz CT molecular complexity index is 1020. The number of nitrogens with one attached hydrogen (secondary N) is 1. The molecule has 1 aliphatic carbocycles. The van der Waals surface area contributed by atoms with Gasteiger partial charge in [0.25, 0.3) is 0 Å². The van der Waals surface area contributed by atoms with Crippen LogP contribution in [0.25, 0.3) is 0 Å². The summed E-state index contributed by atoms with van der Waals surface area (Å²) in [7, 11) is 0. The number of halogens is 1. The van der Waals surface area contributed by atoms with E-state index in [0.717, 1.165) is 50.8 Å². The lowest BCUT2D eigenvalue weighted by atomic mass is 9.95. The van der Waals surface area contributed by atoms with E-state index in [4.69, 9.17) is 41.0 Å². The van der Waals surface area contributed by atoms with E-state index in [1.165, 1.54) is 28.8 Å². The number of nitrogens with zero attached hydrogens (tertiary/aromatic N) is 2. The first-order valence-electron chi connectivity index (χ1n) is 9.60. The van der Waals surface area contributed by atoms with Gasteiger partial charge in [-0.05, 0) is 37.8 Å². The summed E-state index contributed by atoms with van der Waals surface area (Å²) in [6.07, 6.45) is 3.47. The Hall–Kier alpha value is -1.34. The van der Waals surface area contributed by atoms with Crippen LogP contribution in [0.3, 0.4) is 0 Å². The molecule has 1 saturated carbocycles. The number of hydrogen-bond acceptors (Lipinski definition) is 4. The molecule has 2 aliphatic heterocycles. The van der Waals surface area contributed by atoms with Crippen molar-refractivity contribution in [3.05, 3.63) is 50.9 Å². The first-order chi connectivity index (χ1) is 13.5. The second kappa shape index (κ2) is 7.17. The van der Waals surface area contributed by atoms with Crippen molar-refractivity contribution in [3.63, 3.8) is 0 Å². The van der Waals surface area contributed by atoms with Crippen LogP contribution >= 0.6 is 47.4 Å². The van der Waals surface area contributed by atoms with Gasteiger partial charge >= 0.3 is 0 Å². The Morgan fingerprint density at radius 1 is 1.32 bits per heavy atom. The third-order valence-electron chi connectivity index (χ3n) is 5.60. The van der Waals surface area contributed by atoms with Gasteiger partial charge in [0.05, 0.1) is 23.3 Å². The van der Waals surface area contributed by atoms with Crippen LogP contribution in [0, 0.1) is 5.92 Å². The molecule has 144 valence electrons. The second-order valence-electron chi connectivity index (χ2n) is 7.61. The van der Waals surface area contributed by atoms with E-state index < -0.39 is 0 Å². The van der Waals surface area contributed by atoms with E-state index in [2.05, 4.69) is 10.2 Å². The largest absolute Gasteiger partial charge is 0.360 e. The number of aliphatic imine (C=N–C) groups is 1. The quantitative estimate of drug-likeness (QED) is 0.619. The lowest BCUT2D eigenvalue weighted by Gasteiger charge is -2.30. The highest BCUT2D eigenvalue weighted by atomic mass is 35.5. The summed E-state index contributed by atoms with van der Waals surface area (Å²) >= 11 is 19.7. The molecule has 5 rings (SSSR count). The van der Waals surface area contributed by atoms with E-state index in [-0.39, 0.29) is 6.04 Å². The maximum Gasteiger partial charge on any atom is 0.105 e. The molecule has 2 aromatic rings. The molecule has 0 amide bonds. The number of thiocarbonyl (C=S) groups is 2. The van der Waals surface area contributed by atoms with Gasteiger partial charge in [0.1, 0.15) is 9.99 Å². The van der Waals surface area contributed by atoms with Crippen LogP contribution in [0.4, 0.5) is 5.00 Å². The number of hydrogen-bond donors (Lipinski definition) is 1. The lowest BCUT2D eigenvalue weighted by molar-refractivity contribution is 0.396. The van der Waals surface area contributed by atoms with Crippen molar-refractivity contribution in [1.82, 2.24) is 4.90 Å². The summed E-state index contributed by atoms with van der Waals surface area (Å²) in [5.41, 5.74) is 4.48. The van der Waals surface area contributed by atoms with Crippen LogP contribution in [0.15, 0.2) is 29.3 Å². The Kier molecular flexibility index (Phi) is 4.78. The highest BCUT2D eigenvalue weighted by Gasteiger charge is 2.35. The average Bonchev–Trinajstić information content (AvgIpc) is 3.48. The summed E-state index contributed by atoms with van der Waals surface area (Å²) in [5.74, 6) is 0.626. The summed E-state index contributed by atoms with van der Waals surface area (Å²) in [5, 5.41) is 5.29. The van der Waals surface area contributed by atoms with Gasteiger partial charge in [-0.25, -0.2) is 0 Å². The van der Waals surface area contributed by atoms with Gasteiger partial charge in [0.15, 0.2) is 0 Å². The topological polar surface area (TPSA) is 27.6 Å². The fourth-order valence-electron chi connectivity index (χ4n) is 3.91. The first-order valence-corrected chi connectivity index (χ1v) is 11.6. The minimum absolute atomic E-state index is 0.0842. The van der Waals surface area contributed by atoms with Gasteiger partial charge in [0, 0.05) is 33.5 Å². The van der Waals surface area contributed by atoms with Gasteiger partial charge in [0.2, 0.25) is 0 Å². The molecule has 0 bridgehead atoms. The minimum Gasteiger partial charge on any atom is -0.360 e. The van der Waals surface area contributed by atoms with Gasteiger partial charge in [-0.1, -0.05) is 54.2 Å². The zero-order valence-corrected chi connectivity index (χ0v) is 18.7. The van der Waals surface area contributed by atoms with Crippen molar-refractivity contribution in [2.75, 3.05) is 11.9 Å². The molecule has 0 spiro atoms. The highest BCUT2D eigenvalue weighted by molar-refractivity contribution is 7.80. The predicted octanol–water partition coefficient (Wildman–Crippen LogP) is 5.48. The first kappa shape index (κ1) is 18.7. The van der Waals surface area contributed by atoms with Crippen LogP contribution < -0.4 is 5.32 Å². The number of benzene rings is 1. The van der Waals surface area contributed by atoms with Crippen LogP contribution in [-0.2, 0) is 13.0 Å². The van der Waals surface area contributed by atoms with Gasteiger partial charge < -0.3 is 10.2 Å². The normalized spacial score (nSPS) is 21.4. The molecule has 1 unspecified atom stereocenters. The van der Waals surface area contributed by atoms with E-state index in [1.807, 2.05) is 31.2 Å². The zero-order chi connectivity index (χ0) is 19.4. The maximum atomic E-state index is 6.56. The third-order valence-corrected chi connectivity index (χ3v) is 8.10. The second-order valence-corrected chi connectivity index (χ2v) is 9.99. The molecule has 0 radical (unpaired) electrons. The van der Waals surface area contributed by atoms with Gasteiger partial charge in [-0.3, -0.25) is 4.99 Å². The summed E-state index contributed by atoms with van der Waals surface area (Å²) in [6.45, 7) is 3.90. The number of fused-ring (bicyclic) bond motifs is 3. The smallest absolute Gasteiger partial charge is 0.105 e. The molecule has 0 saturated heterocycles. The Labute approximate surface area is 184 Å². The summed E-state index contributed by atoms with van der Waals surface area (Å²) < 4.78 is 0. The van der Waals surface area contributed by atoms with Crippen molar-refractivity contribution in [2.24, 2.45) is 10.9 Å². The Balaban J connectivity index is 1.61. The fraction of sp³-hybridized carbons (Fsp3) is 0.381. The number of anilines is 1. The SMILES string of the molecule is CC1N=C(c2ccccc2Cl)c2c(sc3c2CCN(C(=S)C2CC2)C3)NC1=S. The number of rotatable bonds is 2. The van der Waals surface area contributed by atoms with Crippen LogP contribution in [0.2, 0.25) is 5.02 Å². The van der Waals surface area contributed by atoms with Crippen LogP contribution in [0.5, 0.6) is 0 Å². The van der Waals surface area contributed by atoms with Crippen molar-refractivity contribution in [3.8, 4) is 0 Å². The third kappa shape index (κ3) is 3.20. The standard InChI is InChI=1S/C21H20ClN3S3/c1-11-19(26)24-20-17(18(23-11)13-4-2-3-5-15(13)22)14-8-9-25(10-16(14)28-20)21(27)12-6-7-12/h2-5,11-12H,6-10H2,1H3,(H,24,26). The minimum atomic E-state index is -0.0842. The fourth-order valence-corrected chi connectivity index (χ4v) is 6.02. The molecule has 1 fully saturated rings. The molecule has 1 atom stereocenters. The molecule has 28 heavy (non-hydrogen) atoms. The van der Waals surface area contributed by atoms with Crippen LogP contribution in [0.1, 0.15) is 41.3 Å². The Morgan fingerprint density at radius 3 is 2.86 bits per heavy atom. The average molecular weight is 446 g/mol. The molecular weight excluding hydrogens is 426 g/mol. The van der Waals surface area contributed by atoms with E-state index >= 15 is 0 Å². The number of thiophene rings is 1. The predicted molar refractivity (Wildman–Crippen MR) is 127 cm³/mol. The van der Waals surface area contributed by atoms with Crippen LogP contribution in [-0.4, -0.2) is 33.2 Å². The molecule has 3 heterocycles. The van der Waals surface area contributed by atoms with Gasteiger partial charge in [-0.2, -0.15) is 0 Å². The monoisotopic (exact) mass is 445 g/mol. The van der Waals surface area contributed by atoms with Crippen molar-refractivity contribution >= 4 is 68.1 Å². The summed E-state index contributed by atoms with van der Waals surface area (Å²) in [6, 6.07) is 7.86. The molecule has 3 aliphatic rings. The molecular formula is C21H20ClN3S3. The van der Waals surface area contributed by atoms with E-state index in [0.29, 0.717) is 5.92 Å². The van der Waals surface area contributed by atoms with Crippen molar-refractivity contribution in [1.29, 1.82) is 0 Å². The molecule has 1 N–H and O–H groups in total. The molecule has 7 heteroatoms. The molecule has 1 aromatic carbocycles. The van der Waals surface area contributed by atoms with E-state index in [1.54, 1.807) is 11.3 Å². The Morgan fingerprint density at radius 2 is 2.11 bits per heavy atom. The van der Waals surface area contributed by atoms with Gasteiger partial charge in [-0.15, -0.1) is 11.3 Å². The lowest BCUT2D eigenvalue weighted by Crippen LogP contribution is -2.35. The maximum absolute atomic E-state index is 6.56. The van der Waals surface area contributed by atoms with Crippen molar-refractivity contribution < 1.29 is 0 Å². The zero-order valence-electron chi connectivity index (χ0n) is 15.5.